The Hall–Kier alpha value is -0.120. The van der Waals surface area contributed by atoms with Crippen LogP contribution in [0.3, 0.4) is 0 Å². The van der Waals surface area contributed by atoms with Crippen LogP contribution in [0, 0.1) is 0 Å². The number of likely N-dealkylation sites (N-methyl/N-ethyl adjacent to an activating group) is 1. The first kappa shape index (κ1) is 12.3. The molecule has 0 radical (unpaired) electrons. The van der Waals surface area contributed by atoms with Gasteiger partial charge in [-0.1, -0.05) is 6.42 Å². The normalized spacial score (nSPS) is 33.4. The van der Waals surface area contributed by atoms with E-state index in [0.717, 1.165) is 18.7 Å². The van der Waals surface area contributed by atoms with Crippen LogP contribution in [0.4, 0.5) is 0 Å². The van der Waals surface area contributed by atoms with Gasteiger partial charge in [0.05, 0.1) is 6.10 Å². The molecule has 1 N–H and O–H groups in total. The van der Waals surface area contributed by atoms with E-state index < -0.39 is 0 Å². The fourth-order valence-corrected chi connectivity index (χ4v) is 3.32. The minimum absolute atomic E-state index is 0.524. The van der Waals surface area contributed by atoms with Gasteiger partial charge in [0.15, 0.2) is 0 Å². The van der Waals surface area contributed by atoms with Gasteiger partial charge in [0, 0.05) is 31.8 Å². The fraction of sp³-hybridized carbons (Fsp3) is 1.00. The summed E-state index contributed by atoms with van der Waals surface area (Å²) in [7, 11) is 2.11. The van der Waals surface area contributed by atoms with Crippen LogP contribution >= 0.6 is 0 Å². The summed E-state index contributed by atoms with van der Waals surface area (Å²) in [4.78, 5) is 2.68. The lowest BCUT2D eigenvalue weighted by molar-refractivity contribution is 0.00203. The van der Waals surface area contributed by atoms with Crippen LogP contribution in [0.15, 0.2) is 0 Å². The summed E-state index contributed by atoms with van der Waals surface area (Å²) >= 11 is 0. The number of nitrogens with one attached hydrogen (secondary N) is 1. The molecule has 1 aliphatic carbocycles. The van der Waals surface area contributed by atoms with Gasteiger partial charge in [-0.2, -0.15) is 0 Å². The van der Waals surface area contributed by atoms with Crippen molar-refractivity contribution in [2.75, 3.05) is 26.7 Å². The molecule has 2 aliphatic rings. The Morgan fingerprint density at radius 1 is 1.19 bits per heavy atom. The van der Waals surface area contributed by atoms with Crippen LogP contribution in [0.2, 0.25) is 0 Å². The Labute approximate surface area is 99.5 Å². The van der Waals surface area contributed by atoms with Crippen LogP contribution in [-0.2, 0) is 4.74 Å². The first-order valence-corrected chi connectivity index (χ1v) is 6.88. The summed E-state index contributed by atoms with van der Waals surface area (Å²) in [6.45, 7) is 5.43. The topological polar surface area (TPSA) is 24.5 Å². The molecule has 2 unspecified atom stereocenters. The predicted octanol–water partition coefficient (Wildman–Crippen LogP) is 1.63. The summed E-state index contributed by atoms with van der Waals surface area (Å²) in [6.07, 6.45) is 7.09. The van der Waals surface area contributed by atoms with Crippen molar-refractivity contribution in [2.24, 2.45) is 0 Å². The molecular weight excluding hydrogens is 200 g/mol. The number of rotatable bonds is 4. The van der Waals surface area contributed by atoms with Gasteiger partial charge in [-0.25, -0.2) is 0 Å². The molecule has 2 fully saturated rings. The number of nitrogens with zero attached hydrogens (tertiary/aromatic N) is 1. The van der Waals surface area contributed by atoms with Gasteiger partial charge in [0.1, 0.15) is 0 Å². The van der Waals surface area contributed by atoms with Crippen molar-refractivity contribution in [2.45, 2.75) is 57.2 Å². The molecule has 0 aromatic carbocycles. The molecule has 3 nitrogen and oxygen atoms in total. The Morgan fingerprint density at radius 3 is 2.56 bits per heavy atom. The van der Waals surface area contributed by atoms with Gasteiger partial charge in [-0.05, 0) is 39.7 Å². The summed E-state index contributed by atoms with van der Waals surface area (Å²) < 4.78 is 5.70. The van der Waals surface area contributed by atoms with Gasteiger partial charge < -0.3 is 10.1 Å². The lowest BCUT2D eigenvalue weighted by atomic mass is 10.0. The van der Waals surface area contributed by atoms with Crippen LogP contribution < -0.4 is 5.32 Å². The minimum atomic E-state index is 0.524. The monoisotopic (exact) mass is 226 g/mol. The third kappa shape index (κ3) is 2.76. The van der Waals surface area contributed by atoms with E-state index in [1.807, 2.05) is 0 Å². The van der Waals surface area contributed by atoms with Crippen molar-refractivity contribution in [1.82, 2.24) is 10.2 Å². The lowest BCUT2D eigenvalue weighted by Crippen LogP contribution is -2.49. The Kier molecular flexibility index (Phi) is 4.62. The molecule has 0 aromatic heterocycles. The molecule has 94 valence electrons. The maximum Gasteiger partial charge on any atom is 0.0599 e. The molecule has 0 aromatic rings. The van der Waals surface area contributed by atoms with E-state index in [1.165, 1.54) is 45.2 Å². The van der Waals surface area contributed by atoms with Gasteiger partial charge in [-0.3, -0.25) is 4.90 Å². The second-order valence-corrected chi connectivity index (χ2v) is 5.08. The zero-order valence-corrected chi connectivity index (χ0v) is 10.7. The Bertz CT molecular complexity index is 202. The molecule has 16 heavy (non-hydrogen) atoms. The number of hydrogen-bond acceptors (Lipinski definition) is 3. The lowest BCUT2D eigenvalue weighted by Gasteiger charge is -2.38. The third-order valence-electron chi connectivity index (χ3n) is 4.20. The number of piperidine rings is 1. The van der Waals surface area contributed by atoms with Crippen LogP contribution in [0.5, 0.6) is 0 Å². The van der Waals surface area contributed by atoms with E-state index in [2.05, 4.69) is 24.2 Å². The van der Waals surface area contributed by atoms with Crippen molar-refractivity contribution >= 4 is 0 Å². The molecule has 1 aliphatic heterocycles. The Morgan fingerprint density at radius 2 is 1.94 bits per heavy atom. The molecule has 0 spiro atoms. The zero-order chi connectivity index (χ0) is 11.4. The molecule has 1 saturated heterocycles. The van der Waals surface area contributed by atoms with Crippen molar-refractivity contribution in [1.29, 1.82) is 0 Å². The number of likely N-dealkylation sites (tertiary alicyclic amines) is 1. The van der Waals surface area contributed by atoms with E-state index in [9.17, 15) is 0 Å². The fourth-order valence-electron chi connectivity index (χ4n) is 3.32. The smallest absolute Gasteiger partial charge is 0.0599 e. The number of ether oxygens (including phenoxy) is 1. The van der Waals surface area contributed by atoms with Crippen molar-refractivity contribution in [3.8, 4) is 0 Å². The minimum Gasteiger partial charge on any atom is -0.378 e. The zero-order valence-electron chi connectivity index (χ0n) is 10.7. The molecule has 1 heterocycles. The summed E-state index contributed by atoms with van der Waals surface area (Å²) in [5, 5.41) is 3.47. The average Bonchev–Trinajstić information content (AvgIpc) is 2.78. The first-order chi connectivity index (χ1) is 7.85. The van der Waals surface area contributed by atoms with Crippen molar-refractivity contribution in [3.63, 3.8) is 0 Å². The highest BCUT2D eigenvalue weighted by Crippen LogP contribution is 2.27. The van der Waals surface area contributed by atoms with Crippen molar-refractivity contribution < 1.29 is 4.74 Å². The largest absolute Gasteiger partial charge is 0.378 e. The molecular formula is C13H26N2O. The van der Waals surface area contributed by atoms with Crippen LogP contribution in [0.25, 0.3) is 0 Å². The second kappa shape index (κ2) is 5.99. The maximum atomic E-state index is 5.70. The number of hydrogen-bond donors (Lipinski definition) is 1. The second-order valence-electron chi connectivity index (χ2n) is 5.08. The van der Waals surface area contributed by atoms with Gasteiger partial charge in [0.2, 0.25) is 0 Å². The summed E-state index contributed by atoms with van der Waals surface area (Å²) in [5.74, 6) is 0. The van der Waals surface area contributed by atoms with E-state index in [-0.39, 0.29) is 0 Å². The van der Waals surface area contributed by atoms with Crippen LogP contribution in [0.1, 0.15) is 39.0 Å². The summed E-state index contributed by atoms with van der Waals surface area (Å²) in [5.41, 5.74) is 0. The standard InChI is InChI=1S/C13H26N2O/c1-3-16-11-7-9-15(10-8-11)13-6-4-5-12(13)14-2/h11-14H,3-10H2,1-2H3. The highest BCUT2D eigenvalue weighted by atomic mass is 16.5. The van der Waals surface area contributed by atoms with E-state index in [0.29, 0.717) is 6.10 Å². The van der Waals surface area contributed by atoms with E-state index >= 15 is 0 Å². The molecule has 1 saturated carbocycles. The Balaban J connectivity index is 1.79. The van der Waals surface area contributed by atoms with Crippen molar-refractivity contribution in [3.05, 3.63) is 0 Å². The predicted molar refractivity (Wildman–Crippen MR) is 66.7 cm³/mol. The summed E-state index contributed by atoms with van der Waals surface area (Å²) in [6, 6.07) is 1.51. The molecule has 3 heteroatoms. The average molecular weight is 226 g/mol. The SMILES string of the molecule is CCOC1CCN(C2CCCC2NC)CC1. The third-order valence-corrected chi connectivity index (χ3v) is 4.20. The van der Waals surface area contributed by atoms with Gasteiger partial charge >= 0.3 is 0 Å². The molecule has 0 bridgehead atoms. The maximum absolute atomic E-state index is 5.70. The molecule has 2 rings (SSSR count). The van der Waals surface area contributed by atoms with Gasteiger partial charge in [0.25, 0.3) is 0 Å². The van der Waals surface area contributed by atoms with Gasteiger partial charge in [-0.15, -0.1) is 0 Å². The van der Waals surface area contributed by atoms with E-state index in [1.54, 1.807) is 0 Å². The molecule has 0 amide bonds. The van der Waals surface area contributed by atoms with E-state index in [4.69, 9.17) is 4.74 Å². The highest BCUT2D eigenvalue weighted by Gasteiger charge is 2.33. The first-order valence-electron chi connectivity index (χ1n) is 6.88. The van der Waals surface area contributed by atoms with Crippen LogP contribution in [-0.4, -0.2) is 49.8 Å². The quantitative estimate of drug-likeness (QED) is 0.788. The molecule has 2 atom stereocenters. The highest BCUT2D eigenvalue weighted by molar-refractivity contribution is 4.91.